The molecule has 0 saturated carbocycles. The minimum Gasteiger partial charge on any atom is -0.370 e. The Bertz CT molecular complexity index is 490. The van der Waals surface area contributed by atoms with Gasteiger partial charge in [0.1, 0.15) is 6.04 Å². The summed E-state index contributed by atoms with van der Waals surface area (Å²) in [5, 5.41) is 2.47. The van der Waals surface area contributed by atoms with Gasteiger partial charge in [0, 0.05) is 6.42 Å². The second-order valence-corrected chi connectivity index (χ2v) is 4.37. The third-order valence-corrected chi connectivity index (χ3v) is 2.74. The molecular weight excluding hydrogens is 260 g/mol. The van der Waals surface area contributed by atoms with Crippen molar-refractivity contribution in [1.82, 2.24) is 5.32 Å². The van der Waals surface area contributed by atoms with Crippen molar-refractivity contribution >= 4 is 17.7 Å². The van der Waals surface area contributed by atoms with Gasteiger partial charge in [-0.1, -0.05) is 30.3 Å². The van der Waals surface area contributed by atoms with Gasteiger partial charge in [-0.3, -0.25) is 14.4 Å². The van der Waals surface area contributed by atoms with Gasteiger partial charge in [0.05, 0.1) is 6.04 Å². The Balaban J connectivity index is 2.69. The van der Waals surface area contributed by atoms with Crippen LogP contribution in [0, 0.1) is 0 Å². The molecule has 0 heterocycles. The molecule has 0 unspecified atom stereocenters. The minimum absolute atomic E-state index is 0.00115. The lowest BCUT2D eigenvalue weighted by Crippen LogP contribution is -2.46. The van der Waals surface area contributed by atoms with Crippen LogP contribution in [0.3, 0.4) is 0 Å². The van der Waals surface area contributed by atoms with Crippen molar-refractivity contribution in [1.29, 1.82) is 0 Å². The molecule has 7 N–H and O–H groups in total. The van der Waals surface area contributed by atoms with Crippen molar-refractivity contribution in [2.24, 2.45) is 17.2 Å². The standard InChI is InChI=1S/C13H18N4O3/c14-9(6-7-10(15)18)13(20)17-11(12(16)19)8-4-2-1-3-5-8/h1-5,9,11H,6-7,14H2,(H2,15,18)(H2,16,19)(H,17,20)/t9-,11-/m0/s1. The van der Waals surface area contributed by atoms with Crippen molar-refractivity contribution in [3.05, 3.63) is 35.9 Å². The van der Waals surface area contributed by atoms with Gasteiger partial charge in [0.25, 0.3) is 0 Å². The lowest BCUT2D eigenvalue weighted by Gasteiger charge is -2.18. The van der Waals surface area contributed by atoms with Crippen LogP contribution in [0.1, 0.15) is 24.4 Å². The largest absolute Gasteiger partial charge is 0.370 e. The van der Waals surface area contributed by atoms with E-state index in [1.807, 2.05) is 0 Å². The molecule has 0 aliphatic rings. The molecule has 1 aromatic carbocycles. The molecule has 0 bridgehead atoms. The molecule has 0 radical (unpaired) electrons. The van der Waals surface area contributed by atoms with Gasteiger partial charge in [-0.25, -0.2) is 0 Å². The second kappa shape index (κ2) is 7.25. The van der Waals surface area contributed by atoms with Gasteiger partial charge in [-0.2, -0.15) is 0 Å². The highest BCUT2D eigenvalue weighted by Gasteiger charge is 2.23. The summed E-state index contributed by atoms with van der Waals surface area (Å²) in [5.41, 5.74) is 16.4. The highest BCUT2D eigenvalue weighted by atomic mass is 16.2. The zero-order chi connectivity index (χ0) is 15.1. The quantitative estimate of drug-likeness (QED) is 0.503. The van der Waals surface area contributed by atoms with Crippen LogP contribution in [-0.4, -0.2) is 23.8 Å². The van der Waals surface area contributed by atoms with E-state index in [0.717, 1.165) is 0 Å². The number of benzene rings is 1. The van der Waals surface area contributed by atoms with Crippen molar-refractivity contribution in [3.63, 3.8) is 0 Å². The van der Waals surface area contributed by atoms with E-state index in [4.69, 9.17) is 17.2 Å². The lowest BCUT2D eigenvalue weighted by atomic mass is 10.1. The average Bonchev–Trinajstić information content (AvgIpc) is 2.42. The van der Waals surface area contributed by atoms with Crippen molar-refractivity contribution in [2.75, 3.05) is 0 Å². The first-order valence-electron chi connectivity index (χ1n) is 6.10. The van der Waals surface area contributed by atoms with Crippen LogP contribution in [0.15, 0.2) is 30.3 Å². The Hall–Kier alpha value is -2.41. The summed E-state index contributed by atoms with van der Waals surface area (Å²) in [5.74, 6) is -1.78. The monoisotopic (exact) mass is 278 g/mol. The van der Waals surface area contributed by atoms with E-state index in [1.54, 1.807) is 30.3 Å². The molecule has 1 aromatic rings. The van der Waals surface area contributed by atoms with Crippen LogP contribution in [0.25, 0.3) is 0 Å². The molecule has 108 valence electrons. The molecule has 0 aliphatic heterocycles. The van der Waals surface area contributed by atoms with Crippen LogP contribution in [0.4, 0.5) is 0 Å². The summed E-state index contributed by atoms with van der Waals surface area (Å²) in [6.45, 7) is 0. The maximum absolute atomic E-state index is 11.8. The number of hydrogen-bond acceptors (Lipinski definition) is 4. The highest BCUT2D eigenvalue weighted by molar-refractivity contribution is 5.90. The number of amides is 3. The Morgan fingerprint density at radius 2 is 1.70 bits per heavy atom. The van der Waals surface area contributed by atoms with Crippen LogP contribution in [0.5, 0.6) is 0 Å². The Labute approximate surface area is 116 Å². The summed E-state index contributed by atoms with van der Waals surface area (Å²) in [6.07, 6.45) is 0.114. The first kappa shape index (κ1) is 15.6. The maximum atomic E-state index is 11.8. The molecule has 7 nitrogen and oxygen atoms in total. The minimum atomic E-state index is -0.955. The van der Waals surface area contributed by atoms with Gasteiger partial charge in [0.15, 0.2) is 0 Å². The molecule has 0 fully saturated rings. The summed E-state index contributed by atoms with van der Waals surface area (Å²) in [7, 11) is 0. The molecule has 3 amide bonds. The number of carbonyl (C=O) groups is 3. The van der Waals surface area contributed by atoms with Gasteiger partial charge in [-0.15, -0.1) is 0 Å². The molecular formula is C13H18N4O3. The van der Waals surface area contributed by atoms with Crippen LogP contribution < -0.4 is 22.5 Å². The number of rotatable bonds is 7. The van der Waals surface area contributed by atoms with Crippen molar-refractivity contribution in [3.8, 4) is 0 Å². The Kier molecular flexibility index (Phi) is 5.67. The number of nitrogens with two attached hydrogens (primary N) is 3. The molecule has 20 heavy (non-hydrogen) atoms. The highest BCUT2D eigenvalue weighted by Crippen LogP contribution is 2.12. The van der Waals surface area contributed by atoms with Gasteiger partial charge >= 0.3 is 0 Å². The third kappa shape index (κ3) is 4.69. The Morgan fingerprint density at radius 1 is 1.10 bits per heavy atom. The molecule has 7 heteroatoms. The van der Waals surface area contributed by atoms with Crippen LogP contribution in [-0.2, 0) is 14.4 Å². The SMILES string of the molecule is NC(=O)CC[C@H](N)C(=O)N[C@H](C(N)=O)c1ccccc1. The van der Waals surface area contributed by atoms with Crippen LogP contribution >= 0.6 is 0 Å². The van der Waals surface area contributed by atoms with Crippen LogP contribution in [0.2, 0.25) is 0 Å². The van der Waals surface area contributed by atoms with E-state index < -0.39 is 29.8 Å². The zero-order valence-electron chi connectivity index (χ0n) is 10.9. The number of nitrogens with one attached hydrogen (secondary N) is 1. The lowest BCUT2D eigenvalue weighted by molar-refractivity contribution is -0.128. The summed E-state index contributed by atoms with van der Waals surface area (Å²) < 4.78 is 0. The first-order chi connectivity index (χ1) is 9.41. The normalized spacial score (nSPS) is 13.2. The van der Waals surface area contributed by atoms with Crippen molar-refractivity contribution < 1.29 is 14.4 Å². The average molecular weight is 278 g/mol. The second-order valence-electron chi connectivity index (χ2n) is 4.37. The fraction of sp³-hybridized carbons (Fsp3) is 0.308. The zero-order valence-corrected chi connectivity index (χ0v) is 10.9. The van der Waals surface area contributed by atoms with Gasteiger partial charge in [0.2, 0.25) is 17.7 Å². The van der Waals surface area contributed by atoms with E-state index in [2.05, 4.69) is 5.32 Å². The predicted molar refractivity (Wildman–Crippen MR) is 72.9 cm³/mol. The number of hydrogen-bond donors (Lipinski definition) is 4. The third-order valence-electron chi connectivity index (χ3n) is 2.74. The molecule has 2 atom stereocenters. The summed E-state index contributed by atoms with van der Waals surface area (Å²) in [4.78, 5) is 33.9. The number of primary amides is 2. The van der Waals surface area contributed by atoms with E-state index in [9.17, 15) is 14.4 Å². The van der Waals surface area contributed by atoms with Gasteiger partial charge in [-0.05, 0) is 12.0 Å². The fourth-order valence-electron chi connectivity index (χ4n) is 1.64. The summed E-state index contributed by atoms with van der Waals surface area (Å²) >= 11 is 0. The molecule has 0 aromatic heterocycles. The van der Waals surface area contributed by atoms with E-state index in [-0.39, 0.29) is 12.8 Å². The smallest absolute Gasteiger partial charge is 0.244 e. The topological polar surface area (TPSA) is 141 Å². The molecule has 0 spiro atoms. The van der Waals surface area contributed by atoms with E-state index >= 15 is 0 Å². The fourth-order valence-corrected chi connectivity index (χ4v) is 1.64. The Morgan fingerprint density at radius 3 is 2.20 bits per heavy atom. The first-order valence-corrected chi connectivity index (χ1v) is 6.10. The van der Waals surface area contributed by atoms with E-state index in [1.165, 1.54) is 0 Å². The number of carbonyl (C=O) groups excluding carboxylic acids is 3. The molecule has 0 aliphatic carbocycles. The predicted octanol–water partition coefficient (Wildman–Crippen LogP) is -1.08. The molecule has 0 saturated heterocycles. The van der Waals surface area contributed by atoms with E-state index in [0.29, 0.717) is 5.56 Å². The van der Waals surface area contributed by atoms with Gasteiger partial charge < -0.3 is 22.5 Å². The van der Waals surface area contributed by atoms with Crippen molar-refractivity contribution in [2.45, 2.75) is 24.9 Å². The maximum Gasteiger partial charge on any atom is 0.244 e. The summed E-state index contributed by atoms with van der Waals surface area (Å²) in [6, 6.07) is 6.70. The molecule has 1 rings (SSSR count).